The Morgan fingerprint density at radius 3 is 1.00 bits per heavy atom. The molecule has 0 saturated heterocycles. The molecule has 0 heteroatoms. The van der Waals surface area contributed by atoms with E-state index in [1.165, 1.54) is 66.8 Å². The molecule has 0 bridgehead atoms. The van der Waals surface area contributed by atoms with Crippen LogP contribution in [0.25, 0.3) is 55.6 Å². The van der Waals surface area contributed by atoms with Gasteiger partial charge in [-0.3, -0.25) is 0 Å². The molecule has 0 unspecified atom stereocenters. The van der Waals surface area contributed by atoms with Crippen molar-refractivity contribution < 1.29 is 0 Å². The quantitative estimate of drug-likeness (QED) is 0.205. The lowest BCUT2D eigenvalue weighted by molar-refractivity contribution is 1.26. The zero-order valence-corrected chi connectivity index (χ0v) is 24.0. The Morgan fingerprint density at radius 1 is 0.256 bits per heavy atom. The van der Waals surface area contributed by atoms with Gasteiger partial charge >= 0.3 is 0 Å². The van der Waals surface area contributed by atoms with E-state index in [2.05, 4.69) is 146 Å². The largest absolute Gasteiger partial charge is 0.0623 e. The van der Waals surface area contributed by atoms with Crippen LogP contribution >= 0.6 is 0 Å². The van der Waals surface area contributed by atoms with Crippen LogP contribution in [0.4, 0.5) is 0 Å². The summed E-state index contributed by atoms with van der Waals surface area (Å²) in [7, 11) is 0. The van der Waals surface area contributed by atoms with Crippen LogP contribution in [-0.2, 0) is 6.42 Å². The Balaban J connectivity index is 0.000000449. The number of rotatable bonds is 4. The Labute approximate surface area is 254 Å². The zero-order valence-electron chi connectivity index (χ0n) is 24.0. The molecule has 1 aliphatic rings. The summed E-state index contributed by atoms with van der Waals surface area (Å²) in [4.78, 5) is 0. The molecule has 7 aromatic rings. The van der Waals surface area contributed by atoms with Crippen molar-refractivity contribution in [1.82, 2.24) is 0 Å². The summed E-state index contributed by atoms with van der Waals surface area (Å²) in [5, 5.41) is 0. The van der Waals surface area contributed by atoms with Crippen molar-refractivity contribution >= 4 is 0 Å². The summed E-state index contributed by atoms with van der Waals surface area (Å²) in [6.45, 7) is 0. The number of hydrogen-bond donors (Lipinski definition) is 0. The first kappa shape index (κ1) is 26.4. The van der Waals surface area contributed by atoms with Crippen molar-refractivity contribution in [3.8, 4) is 55.6 Å². The lowest BCUT2D eigenvalue weighted by atomic mass is 9.77. The van der Waals surface area contributed by atoms with Crippen LogP contribution in [-0.4, -0.2) is 0 Å². The Kier molecular flexibility index (Phi) is 7.49. The highest BCUT2D eigenvalue weighted by atomic mass is 14.3. The lowest BCUT2D eigenvalue weighted by Crippen LogP contribution is -2.00. The number of benzene rings is 7. The normalized spacial score (nSPS) is 11.2. The average molecular weight is 549 g/mol. The fraction of sp³-hybridized carbons (Fsp3) is 0.0233. The van der Waals surface area contributed by atoms with Gasteiger partial charge in [-0.1, -0.05) is 182 Å². The monoisotopic (exact) mass is 548 g/mol. The van der Waals surface area contributed by atoms with Crippen LogP contribution < -0.4 is 0 Å². The molecule has 0 aliphatic heterocycles. The molecule has 0 aromatic heterocycles. The van der Waals surface area contributed by atoms with E-state index in [-0.39, 0.29) is 0 Å². The lowest BCUT2D eigenvalue weighted by Gasteiger charge is -2.25. The fourth-order valence-corrected chi connectivity index (χ4v) is 6.37. The maximum Gasteiger partial charge on any atom is -0.000683 e. The summed E-state index contributed by atoms with van der Waals surface area (Å²) in [6, 6.07) is 64.7. The van der Waals surface area contributed by atoms with Gasteiger partial charge in [-0.15, -0.1) is 0 Å². The first-order valence-electron chi connectivity index (χ1n) is 14.9. The van der Waals surface area contributed by atoms with Gasteiger partial charge < -0.3 is 0 Å². The van der Waals surface area contributed by atoms with Gasteiger partial charge in [0, 0.05) is 0 Å². The van der Waals surface area contributed by atoms with Gasteiger partial charge in [0.15, 0.2) is 0 Å². The van der Waals surface area contributed by atoms with E-state index < -0.39 is 0 Å². The molecule has 0 nitrogen and oxygen atoms in total. The van der Waals surface area contributed by atoms with Crippen LogP contribution in [0.15, 0.2) is 182 Å². The molecule has 8 rings (SSSR count). The van der Waals surface area contributed by atoms with Gasteiger partial charge in [0.2, 0.25) is 0 Å². The van der Waals surface area contributed by atoms with E-state index >= 15 is 0 Å². The minimum atomic E-state index is 0.935. The first-order valence-corrected chi connectivity index (χ1v) is 14.9. The zero-order chi connectivity index (χ0) is 28.8. The molecule has 0 radical (unpaired) electrons. The highest BCUT2D eigenvalue weighted by molar-refractivity contribution is 6.10. The highest BCUT2D eigenvalue weighted by Gasteiger charge is 2.31. The fourth-order valence-electron chi connectivity index (χ4n) is 6.37. The van der Waals surface area contributed by atoms with E-state index in [0.717, 1.165) is 6.42 Å². The predicted octanol–water partition coefficient (Wildman–Crippen LogP) is 11.6. The molecule has 43 heavy (non-hydrogen) atoms. The molecular weight excluding hydrogens is 516 g/mol. The Morgan fingerprint density at radius 2 is 0.558 bits per heavy atom. The number of fused-ring (bicyclic) bond motifs is 3. The van der Waals surface area contributed by atoms with Crippen LogP contribution in [0, 0.1) is 0 Å². The molecule has 0 spiro atoms. The smallest absolute Gasteiger partial charge is 0.000683 e. The third-order valence-corrected chi connectivity index (χ3v) is 8.17. The first-order chi connectivity index (χ1) is 21.4. The van der Waals surface area contributed by atoms with Crippen molar-refractivity contribution in [1.29, 1.82) is 0 Å². The van der Waals surface area contributed by atoms with Gasteiger partial charge in [-0.25, -0.2) is 0 Å². The van der Waals surface area contributed by atoms with Crippen LogP contribution in [0.3, 0.4) is 0 Å². The van der Waals surface area contributed by atoms with E-state index in [1.807, 2.05) is 36.4 Å². The maximum atomic E-state index is 2.30. The third-order valence-electron chi connectivity index (χ3n) is 8.17. The summed E-state index contributed by atoms with van der Waals surface area (Å²) in [6.07, 6.45) is 0.935. The summed E-state index contributed by atoms with van der Waals surface area (Å²) in [5.41, 5.74) is 15.8. The molecule has 0 atom stereocenters. The second-order valence-corrected chi connectivity index (χ2v) is 10.8. The van der Waals surface area contributed by atoms with Gasteiger partial charge in [-0.2, -0.15) is 0 Å². The van der Waals surface area contributed by atoms with Crippen LogP contribution in [0.1, 0.15) is 11.1 Å². The van der Waals surface area contributed by atoms with Gasteiger partial charge in [-0.05, 0) is 73.2 Å². The van der Waals surface area contributed by atoms with Crippen molar-refractivity contribution in [3.05, 3.63) is 193 Å². The summed E-state index contributed by atoms with van der Waals surface area (Å²) >= 11 is 0. The van der Waals surface area contributed by atoms with Crippen molar-refractivity contribution in [2.75, 3.05) is 0 Å². The molecule has 204 valence electrons. The Hall–Kier alpha value is -5.46. The molecular formula is C43H32. The van der Waals surface area contributed by atoms with E-state index in [1.54, 1.807) is 0 Å². The Bertz CT molecular complexity index is 1910. The standard InChI is InChI=1S/C37H26.C6H6/c1-5-15-26(16-6-1)33-32-25-30-23-13-14-24-31(30)37(32)36(29-21-11-4-12-22-29)35(28-19-9-3-10-20-28)34(33)27-17-7-2-8-18-27;1-2-4-6-5-3-1/h1-24H,25H2;1-6H. The summed E-state index contributed by atoms with van der Waals surface area (Å²) in [5.74, 6) is 0. The van der Waals surface area contributed by atoms with Crippen LogP contribution in [0.5, 0.6) is 0 Å². The SMILES string of the molecule is c1ccc(-c2c3c(c(-c4ccccc4)c(-c4ccccc4)c2-c2ccccc2)-c2ccccc2C3)cc1.c1ccccc1. The van der Waals surface area contributed by atoms with E-state index in [4.69, 9.17) is 0 Å². The van der Waals surface area contributed by atoms with Gasteiger partial charge in [0.05, 0.1) is 0 Å². The second-order valence-electron chi connectivity index (χ2n) is 10.8. The third kappa shape index (κ3) is 5.20. The van der Waals surface area contributed by atoms with Crippen molar-refractivity contribution in [2.45, 2.75) is 6.42 Å². The maximum absolute atomic E-state index is 2.30. The topological polar surface area (TPSA) is 0 Å². The van der Waals surface area contributed by atoms with E-state index in [9.17, 15) is 0 Å². The second kappa shape index (κ2) is 12.2. The minimum absolute atomic E-state index is 0.935. The molecule has 0 amide bonds. The average Bonchev–Trinajstić information content (AvgIpc) is 3.49. The highest BCUT2D eigenvalue weighted by Crippen LogP contribution is 2.55. The van der Waals surface area contributed by atoms with Gasteiger partial charge in [0.25, 0.3) is 0 Å². The summed E-state index contributed by atoms with van der Waals surface area (Å²) < 4.78 is 0. The molecule has 0 saturated carbocycles. The molecule has 0 N–H and O–H groups in total. The number of hydrogen-bond acceptors (Lipinski definition) is 0. The predicted molar refractivity (Wildman–Crippen MR) is 183 cm³/mol. The molecule has 7 aromatic carbocycles. The van der Waals surface area contributed by atoms with Crippen molar-refractivity contribution in [2.24, 2.45) is 0 Å². The molecule has 1 aliphatic carbocycles. The molecule has 0 fully saturated rings. The van der Waals surface area contributed by atoms with E-state index in [0.29, 0.717) is 0 Å². The minimum Gasteiger partial charge on any atom is -0.0623 e. The van der Waals surface area contributed by atoms with Crippen molar-refractivity contribution in [3.63, 3.8) is 0 Å². The van der Waals surface area contributed by atoms with Gasteiger partial charge in [0.1, 0.15) is 0 Å². The van der Waals surface area contributed by atoms with Crippen LogP contribution in [0.2, 0.25) is 0 Å². The molecule has 0 heterocycles.